The van der Waals surface area contributed by atoms with Crippen molar-refractivity contribution in [2.75, 3.05) is 7.05 Å². The Balaban J connectivity index is 1.74. The van der Waals surface area contributed by atoms with Crippen LogP contribution in [0.15, 0.2) is 18.2 Å². The molecule has 20 heavy (non-hydrogen) atoms. The molecule has 0 aliphatic carbocycles. The van der Waals surface area contributed by atoms with Crippen molar-refractivity contribution in [2.45, 2.75) is 56.8 Å². The summed E-state index contributed by atoms with van der Waals surface area (Å²) >= 11 is 0. The molecule has 3 nitrogen and oxygen atoms in total. The molecule has 2 heterocycles. The Morgan fingerprint density at radius 1 is 1.30 bits per heavy atom. The SMILES string of the molecule is CC(c1ccc(F)cc1O)N(C)C1CC2CCC(C1)N2. The first kappa shape index (κ1) is 13.8. The fourth-order valence-electron chi connectivity index (χ4n) is 3.77. The Kier molecular flexibility index (Phi) is 3.69. The van der Waals surface area contributed by atoms with Crippen molar-refractivity contribution in [3.05, 3.63) is 29.6 Å². The Hall–Kier alpha value is -1.13. The third-order valence-electron chi connectivity index (χ3n) is 5.08. The van der Waals surface area contributed by atoms with E-state index in [0.717, 1.165) is 5.56 Å². The Bertz CT molecular complexity index is 481. The summed E-state index contributed by atoms with van der Waals surface area (Å²) in [5.74, 6) is -0.331. The van der Waals surface area contributed by atoms with E-state index in [2.05, 4.69) is 24.2 Å². The van der Waals surface area contributed by atoms with Crippen molar-refractivity contribution in [1.29, 1.82) is 0 Å². The van der Waals surface area contributed by atoms with Gasteiger partial charge in [-0.2, -0.15) is 0 Å². The summed E-state index contributed by atoms with van der Waals surface area (Å²) in [7, 11) is 2.11. The molecule has 3 atom stereocenters. The van der Waals surface area contributed by atoms with Crippen LogP contribution in [0.3, 0.4) is 0 Å². The predicted octanol–water partition coefficient (Wildman–Crippen LogP) is 2.81. The van der Waals surface area contributed by atoms with E-state index in [1.165, 1.54) is 37.8 Å². The summed E-state index contributed by atoms with van der Waals surface area (Å²) in [6, 6.07) is 6.25. The molecule has 2 aliphatic rings. The molecule has 0 aromatic heterocycles. The molecule has 2 N–H and O–H groups in total. The van der Waals surface area contributed by atoms with E-state index in [-0.39, 0.29) is 17.6 Å². The van der Waals surface area contributed by atoms with Gasteiger partial charge in [-0.25, -0.2) is 4.39 Å². The van der Waals surface area contributed by atoms with Crippen LogP contribution in [0.25, 0.3) is 0 Å². The average Bonchev–Trinajstić information content (AvgIpc) is 2.76. The molecule has 2 saturated heterocycles. The number of nitrogens with one attached hydrogen (secondary N) is 1. The number of piperidine rings is 1. The van der Waals surface area contributed by atoms with E-state index in [1.54, 1.807) is 6.07 Å². The zero-order valence-electron chi connectivity index (χ0n) is 12.1. The monoisotopic (exact) mass is 278 g/mol. The Labute approximate surface area is 119 Å². The van der Waals surface area contributed by atoms with Crippen LogP contribution >= 0.6 is 0 Å². The van der Waals surface area contributed by atoms with Gasteiger partial charge in [0.2, 0.25) is 0 Å². The molecular formula is C16H23FN2O. The van der Waals surface area contributed by atoms with Crippen LogP contribution in [-0.4, -0.2) is 35.2 Å². The second kappa shape index (κ2) is 5.34. The molecular weight excluding hydrogens is 255 g/mol. The van der Waals surface area contributed by atoms with Gasteiger partial charge in [-0.3, -0.25) is 4.90 Å². The number of rotatable bonds is 3. The minimum absolute atomic E-state index is 0.0567. The molecule has 4 heteroatoms. The van der Waals surface area contributed by atoms with E-state index >= 15 is 0 Å². The number of phenols is 1. The number of halogens is 1. The van der Waals surface area contributed by atoms with Gasteiger partial charge in [0.25, 0.3) is 0 Å². The van der Waals surface area contributed by atoms with Crippen LogP contribution in [0.5, 0.6) is 5.75 Å². The Morgan fingerprint density at radius 3 is 2.55 bits per heavy atom. The van der Waals surface area contributed by atoms with Gasteiger partial charge in [0, 0.05) is 35.8 Å². The molecule has 2 fully saturated rings. The summed E-state index contributed by atoms with van der Waals surface area (Å²) in [5, 5.41) is 13.6. The molecule has 0 saturated carbocycles. The first-order valence-electron chi connectivity index (χ1n) is 7.51. The third-order valence-corrected chi connectivity index (χ3v) is 5.08. The molecule has 2 aliphatic heterocycles. The van der Waals surface area contributed by atoms with E-state index in [0.29, 0.717) is 18.1 Å². The van der Waals surface area contributed by atoms with Gasteiger partial charge in [0.1, 0.15) is 11.6 Å². The smallest absolute Gasteiger partial charge is 0.126 e. The molecule has 0 spiro atoms. The number of fused-ring (bicyclic) bond motifs is 2. The highest BCUT2D eigenvalue weighted by molar-refractivity contribution is 5.35. The first-order valence-corrected chi connectivity index (χ1v) is 7.51. The highest BCUT2D eigenvalue weighted by Gasteiger charge is 2.36. The fraction of sp³-hybridized carbons (Fsp3) is 0.625. The number of benzene rings is 1. The summed E-state index contributed by atoms with van der Waals surface area (Å²) < 4.78 is 13.1. The van der Waals surface area contributed by atoms with Crippen LogP contribution in [0.2, 0.25) is 0 Å². The minimum Gasteiger partial charge on any atom is -0.508 e. The summed E-state index contributed by atoms with van der Waals surface area (Å²) in [5.41, 5.74) is 0.805. The van der Waals surface area contributed by atoms with Crippen LogP contribution in [0.1, 0.15) is 44.2 Å². The van der Waals surface area contributed by atoms with Crippen LogP contribution in [-0.2, 0) is 0 Å². The van der Waals surface area contributed by atoms with Crippen molar-refractivity contribution < 1.29 is 9.50 Å². The van der Waals surface area contributed by atoms with E-state index in [4.69, 9.17) is 0 Å². The second-order valence-corrected chi connectivity index (χ2v) is 6.31. The lowest BCUT2D eigenvalue weighted by Crippen LogP contribution is -2.47. The normalized spacial score (nSPS) is 30.7. The van der Waals surface area contributed by atoms with Crippen LogP contribution in [0, 0.1) is 5.82 Å². The molecule has 3 unspecified atom stereocenters. The lowest BCUT2D eigenvalue weighted by atomic mass is 9.95. The molecule has 1 aromatic rings. The largest absolute Gasteiger partial charge is 0.508 e. The van der Waals surface area contributed by atoms with Crippen molar-refractivity contribution in [2.24, 2.45) is 0 Å². The zero-order chi connectivity index (χ0) is 14.3. The maximum absolute atomic E-state index is 13.1. The van der Waals surface area contributed by atoms with Crippen molar-refractivity contribution in [3.8, 4) is 5.75 Å². The van der Waals surface area contributed by atoms with E-state index in [1.807, 2.05) is 0 Å². The van der Waals surface area contributed by atoms with Crippen molar-refractivity contribution in [1.82, 2.24) is 10.2 Å². The van der Waals surface area contributed by atoms with Crippen molar-refractivity contribution in [3.63, 3.8) is 0 Å². The zero-order valence-corrected chi connectivity index (χ0v) is 12.1. The topological polar surface area (TPSA) is 35.5 Å². The van der Waals surface area contributed by atoms with Gasteiger partial charge < -0.3 is 10.4 Å². The van der Waals surface area contributed by atoms with Gasteiger partial charge in [-0.15, -0.1) is 0 Å². The van der Waals surface area contributed by atoms with E-state index < -0.39 is 0 Å². The van der Waals surface area contributed by atoms with Gasteiger partial charge >= 0.3 is 0 Å². The number of hydrogen-bond donors (Lipinski definition) is 2. The molecule has 0 radical (unpaired) electrons. The average molecular weight is 278 g/mol. The lowest BCUT2D eigenvalue weighted by Gasteiger charge is -2.39. The molecule has 1 aromatic carbocycles. The third kappa shape index (κ3) is 2.54. The number of hydrogen-bond acceptors (Lipinski definition) is 3. The second-order valence-electron chi connectivity index (χ2n) is 6.31. The maximum Gasteiger partial charge on any atom is 0.126 e. The van der Waals surface area contributed by atoms with Crippen molar-refractivity contribution >= 4 is 0 Å². The highest BCUT2D eigenvalue weighted by atomic mass is 19.1. The van der Waals surface area contributed by atoms with Gasteiger partial charge in [-0.05, 0) is 45.7 Å². The van der Waals surface area contributed by atoms with Gasteiger partial charge in [0.15, 0.2) is 0 Å². The summed E-state index contributed by atoms with van der Waals surface area (Å²) in [4.78, 5) is 2.33. The summed E-state index contributed by atoms with van der Waals surface area (Å²) in [6.45, 7) is 2.08. The lowest BCUT2D eigenvalue weighted by molar-refractivity contribution is 0.131. The molecule has 3 rings (SSSR count). The maximum atomic E-state index is 13.1. The minimum atomic E-state index is -0.388. The predicted molar refractivity (Wildman–Crippen MR) is 77.2 cm³/mol. The summed E-state index contributed by atoms with van der Waals surface area (Å²) in [6.07, 6.45) is 4.90. The quantitative estimate of drug-likeness (QED) is 0.892. The first-order chi connectivity index (χ1) is 9.54. The molecule has 0 amide bonds. The van der Waals surface area contributed by atoms with Gasteiger partial charge in [-0.1, -0.05) is 6.07 Å². The highest BCUT2D eigenvalue weighted by Crippen LogP contribution is 2.35. The fourth-order valence-corrected chi connectivity index (χ4v) is 3.77. The van der Waals surface area contributed by atoms with E-state index in [9.17, 15) is 9.50 Å². The van der Waals surface area contributed by atoms with Crippen LogP contribution in [0.4, 0.5) is 4.39 Å². The standard InChI is InChI=1S/C16H23FN2O/c1-10(15-6-3-11(17)7-16(15)20)19(2)14-8-12-4-5-13(9-14)18-12/h3,6-7,10,12-14,18,20H,4-5,8-9H2,1-2H3. The number of aromatic hydroxyl groups is 1. The van der Waals surface area contributed by atoms with Crippen LogP contribution < -0.4 is 5.32 Å². The molecule has 2 bridgehead atoms. The van der Waals surface area contributed by atoms with Gasteiger partial charge in [0.05, 0.1) is 0 Å². The number of phenolic OH excluding ortho intramolecular Hbond substituents is 1. The molecule has 110 valence electrons. The number of nitrogens with zero attached hydrogens (tertiary/aromatic N) is 1. The Morgan fingerprint density at radius 2 is 1.95 bits per heavy atom.